The van der Waals surface area contributed by atoms with Crippen molar-refractivity contribution < 1.29 is 33.8 Å². The number of fused-ring (bicyclic) bond motifs is 1. The van der Waals surface area contributed by atoms with Crippen LogP contribution in [0.5, 0.6) is 0 Å². The summed E-state index contributed by atoms with van der Waals surface area (Å²) in [5.41, 5.74) is 13.4. The van der Waals surface area contributed by atoms with Crippen molar-refractivity contribution >= 4 is 47.4 Å². The van der Waals surface area contributed by atoms with Crippen molar-refractivity contribution in [3.05, 3.63) is 101 Å². The highest BCUT2D eigenvalue weighted by Crippen LogP contribution is 2.30. The average molecular weight is 517 g/mol. The lowest BCUT2D eigenvalue weighted by molar-refractivity contribution is -0.120. The second-order valence-corrected chi connectivity index (χ2v) is 7.69. The molecule has 2 aliphatic rings. The fourth-order valence-electron chi connectivity index (χ4n) is 3.18. The third-order valence-corrected chi connectivity index (χ3v) is 4.93. The number of nitrogens with one attached hydrogen (secondary N) is 3. The van der Waals surface area contributed by atoms with Crippen molar-refractivity contribution in [1.29, 1.82) is 0 Å². The smallest absolute Gasteiger partial charge is 0.344 e. The Balaban J connectivity index is 0.000000167. The van der Waals surface area contributed by atoms with E-state index in [1.165, 1.54) is 12.1 Å². The molecule has 1 saturated heterocycles. The summed E-state index contributed by atoms with van der Waals surface area (Å²) in [6.07, 6.45) is 0.837. The van der Waals surface area contributed by atoms with Gasteiger partial charge in [-0.05, 0) is 42.0 Å². The molecule has 1 unspecified atom stereocenters. The Morgan fingerprint density at radius 1 is 0.895 bits per heavy atom. The van der Waals surface area contributed by atoms with Crippen LogP contribution in [0.4, 0.5) is 15.3 Å². The van der Waals surface area contributed by atoms with Gasteiger partial charge in [0, 0.05) is 11.3 Å². The van der Waals surface area contributed by atoms with E-state index in [0.29, 0.717) is 17.0 Å². The molecule has 0 aliphatic carbocycles. The van der Waals surface area contributed by atoms with Gasteiger partial charge in [-0.2, -0.15) is 0 Å². The highest BCUT2D eigenvalue weighted by atomic mass is 16.5. The molecule has 0 spiro atoms. The number of rotatable bonds is 3. The maximum Gasteiger partial charge on any atom is 0.344 e. The lowest BCUT2D eigenvalue weighted by atomic mass is 10.1. The van der Waals surface area contributed by atoms with Crippen molar-refractivity contribution in [3.8, 4) is 0 Å². The number of nitrogen functional groups attached to an aromatic ring is 1. The summed E-state index contributed by atoms with van der Waals surface area (Å²) < 4.78 is 5.26. The summed E-state index contributed by atoms with van der Waals surface area (Å²) in [5.74, 6) is -1.20. The maximum atomic E-state index is 11.6. The summed E-state index contributed by atoms with van der Waals surface area (Å²) >= 11 is 0. The molecule has 5 rings (SSSR count). The number of ether oxygens (including phenoxy) is 1. The molecule has 8 N–H and O–H groups in total. The first kappa shape index (κ1) is 26.9. The van der Waals surface area contributed by atoms with E-state index in [9.17, 15) is 24.0 Å². The molecular formula is C26H23N5O7. The largest absolute Gasteiger partial charge is 0.478 e. The number of amides is 5. The van der Waals surface area contributed by atoms with Gasteiger partial charge in [0.05, 0.1) is 11.1 Å². The first-order valence-corrected chi connectivity index (χ1v) is 11.0. The van der Waals surface area contributed by atoms with Crippen LogP contribution < -0.4 is 27.4 Å². The monoisotopic (exact) mass is 517 g/mol. The van der Waals surface area contributed by atoms with Crippen molar-refractivity contribution in [1.82, 2.24) is 16.0 Å². The van der Waals surface area contributed by atoms with Crippen molar-refractivity contribution in [2.45, 2.75) is 6.17 Å². The first-order chi connectivity index (χ1) is 18.1. The van der Waals surface area contributed by atoms with E-state index in [2.05, 4.69) is 5.32 Å². The van der Waals surface area contributed by atoms with E-state index in [0.717, 1.165) is 11.1 Å². The van der Waals surface area contributed by atoms with Gasteiger partial charge in [-0.1, -0.05) is 48.5 Å². The summed E-state index contributed by atoms with van der Waals surface area (Å²) in [4.78, 5) is 53.1. The standard InChI is InChI=1S/C15H10O2.C7H7NO2.C4H6N4O3/c16-15-13-9-5-4-8-12(13)14(17-15)10-11-6-2-1-3-7-11;8-6-3-1-5(2-4-6)7(9)10;5-3(10)6-1-2(9)8-4(11)7-1/h1-10H;1-4H,8H2,(H,9,10);1H,(H3,5,6,10)(H2,7,8,9,11)/b14-10+;;. The van der Waals surface area contributed by atoms with Crippen LogP contribution in [-0.4, -0.2) is 41.2 Å². The molecule has 0 saturated carbocycles. The van der Waals surface area contributed by atoms with E-state index in [1.54, 1.807) is 18.2 Å². The topological polar surface area (TPSA) is 203 Å². The van der Waals surface area contributed by atoms with E-state index in [4.69, 9.17) is 21.3 Å². The van der Waals surface area contributed by atoms with Gasteiger partial charge in [-0.15, -0.1) is 0 Å². The number of nitrogens with two attached hydrogens (primary N) is 2. The van der Waals surface area contributed by atoms with Gasteiger partial charge in [0.25, 0.3) is 5.91 Å². The van der Waals surface area contributed by atoms with Crippen LogP contribution in [-0.2, 0) is 9.53 Å². The zero-order valence-electron chi connectivity index (χ0n) is 19.7. The molecule has 0 radical (unpaired) electrons. The quantitative estimate of drug-likeness (QED) is 0.172. The Morgan fingerprint density at radius 3 is 2.05 bits per heavy atom. The fraction of sp³-hybridized carbons (Fsp3) is 0.0385. The summed E-state index contributed by atoms with van der Waals surface area (Å²) in [6.45, 7) is 0. The number of imide groups is 1. The summed E-state index contributed by atoms with van der Waals surface area (Å²) in [5, 5.41) is 14.5. The number of carboxylic acids is 1. The van der Waals surface area contributed by atoms with E-state index < -0.39 is 30.1 Å². The summed E-state index contributed by atoms with van der Waals surface area (Å²) in [7, 11) is 0. The Kier molecular flexibility index (Phi) is 8.76. The van der Waals surface area contributed by atoms with Crippen molar-refractivity contribution in [2.24, 2.45) is 5.73 Å². The van der Waals surface area contributed by atoms with Gasteiger partial charge >= 0.3 is 24.0 Å². The van der Waals surface area contributed by atoms with Gasteiger partial charge in [0.1, 0.15) is 5.76 Å². The Morgan fingerprint density at radius 2 is 1.50 bits per heavy atom. The predicted molar refractivity (Wildman–Crippen MR) is 137 cm³/mol. The minimum atomic E-state index is -1.04. The number of benzene rings is 3. The Labute approximate surface area is 216 Å². The molecule has 5 amide bonds. The van der Waals surface area contributed by atoms with Crippen LogP contribution in [0, 0.1) is 0 Å². The van der Waals surface area contributed by atoms with E-state index in [1.807, 2.05) is 65.2 Å². The first-order valence-electron chi connectivity index (χ1n) is 11.0. The number of hydrogen-bond acceptors (Lipinski definition) is 7. The number of anilines is 1. The average Bonchev–Trinajstić information content (AvgIpc) is 3.37. The fourth-order valence-corrected chi connectivity index (χ4v) is 3.18. The number of carboxylic acid groups (broad SMARTS) is 1. The maximum absolute atomic E-state index is 11.6. The molecule has 2 aliphatic heterocycles. The number of carbonyl (C=O) groups excluding carboxylic acids is 4. The highest BCUT2D eigenvalue weighted by molar-refractivity contribution is 6.06. The third kappa shape index (κ3) is 7.42. The van der Waals surface area contributed by atoms with Crippen LogP contribution in [0.1, 0.15) is 31.8 Å². The second kappa shape index (κ2) is 12.4. The molecule has 0 bridgehead atoms. The third-order valence-electron chi connectivity index (χ3n) is 4.93. The van der Waals surface area contributed by atoms with Crippen molar-refractivity contribution in [2.75, 3.05) is 5.73 Å². The number of aromatic carboxylic acids is 1. The van der Waals surface area contributed by atoms with Crippen LogP contribution in [0.15, 0.2) is 78.9 Å². The molecule has 3 aromatic rings. The molecule has 0 aromatic heterocycles. The number of hydrogen-bond donors (Lipinski definition) is 6. The molecule has 12 nitrogen and oxygen atoms in total. The van der Waals surface area contributed by atoms with E-state index >= 15 is 0 Å². The lowest BCUT2D eigenvalue weighted by Gasteiger charge is -2.05. The zero-order valence-corrected chi connectivity index (χ0v) is 19.7. The minimum Gasteiger partial charge on any atom is -0.478 e. The number of primary amides is 1. The number of esters is 1. The number of urea groups is 2. The van der Waals surface area contributed by atoms with Gasteiger partial charge in [0.2, 0.25) is 0 Å². The van der Waals surface area contributed by atoms with Crippen LogP contribution in [0.3, 0.4) is 0 Å². The van der Waals surface area contributed by atoms with Gasteiger partial charge in [0.15, 0.2) is 6.17 Å². The van der Waals surface area contributed by atoms with Crippen molar-refractivity contribution in [3.63, 3.8) is 0 Å². The molecule has 2 heterocycles. The molecule has 1 fully saturated rings. The SMILES string of the molecule is NC(=O)NC1NC(=O)NC1=O.Nc1ccc(C(=O)O)cc1.O=C1O/C(=C/c2ccccc2)c2ccccc21. The molecule has 194 valence electrons. The zero-order chi connectivity index (χ0) is 27.7. The molecule has 1 atom stereocenters. The van der Waals surface area contributed by atoms with Crippen LogP contribution in [0.2, 0.25) is 0 Å². The normalized spacial score (nSPS) is 15.9. The number of cyclic esters (lactones) is 1. The minimum absolute atomic E-state index is 0.259. The lowest BCUT2D eigenvalue weighted by Crippen LogP contribution is -2.48. The van der Waals surface area contributed by atoms with Gasteiger partial charge in [-0.25, -0.2) is 19.2 Å². The molecular weight excluding hydrogens is 494 g/mol. The predicted octanol–water partition coefficient (Wildman–Crippen LogP) is 2.14. The van der Waals surface area contributed by atoms with Crippen LogP contribution >= 0.6 is 0 Å². The second-order valence-electron chi connectivity index (χ2n) is 7.69. The van der Waals surface area contributed by atoms with E-state index in [-0.39, 0.29) is 11.5 Å². The molecule has 38 heavy (non-hydrogen) atoms. The Hall–Kier alpha value is -5.65. The summed E-state index contributed by atoms with van der Waals surface area (Å²) in [6, 6.07) is 21.8. The van der Waals surface area contributed by atoms with Gasteiger partial charge < -0.3 is 31.9 Å². The molecule has 12 heteroatoms. The van der Waals surface area contributed by atoms with Gasteiger partial charge in [-0.3, -0.25) is 10.1 Å². The van der Waals surface area contributed by atoms with Crippen LogP contribution in [0.25, 0.3) is 11.8 Å². The molecule has 3 aromatic carbocycles. The Bertz CT molecular complexity index is 1390. The number of carbonyl (C=O) groups is 5. The highest BCUT2D eigenvalue weighted by Gasteiger charge is 2.30.